The van der Waals surface area contributed by atoms with E-state index in [-0.39, 0.29) is 31.6 Å². The van der Waals surface area contributed by atoms with Crippen molar-refractivity contribution in [1.29, 1.82) is 0 Å². The molecule has 0 radical (unpaired) electrons. The summed E-state index contributed by atoms with van der Waals surface area (Å²) in [5.41, 5.74) is 3.56. The second-order valence-electron chi connectivity index (χ2n) is 15.1. The van der Waals surface area contributed by atoms with E-state index in [0.29, 0.717) is 22.6 Å². The molecular formula is C54H42Cl4O5. The van der Waals surface area contributed by atoms with Gasteiger partial charge in [-0.05, 0) is 69.8 Å². The summed E-state index contributed by atoms with van der Waals surface area (Å²) in [7, 11) is 3.26. The topological polar surface area (TPSA) is 68.2 Å². The summed E-state index contributed by atoms with van der Waals surface area (Å²) in [5.74, 6) is 0.938. The van der Waals surface area contributed by atoms with Crippen molar-refractivity contribution >= 4 is 46.4 Å². The number of methoxy groups -OCH3 is 2. The number of hydrogen-bond acceptors (Lipinski definition) is 5. The minimum Gasteiger partial charge on any atom is -0.506 e. The van der Waals surface area contributed by atoms with Gasteiger partial charge in [0.2, 0.25) is 0 Å². The Morgan fingerprint density at radius 1 is 0.365 bits per heavy atom. The van der Waals surface area contributed by atoms with Crippen molar-refractivity contribution in [3.63, 3.8) is 0 Å². The van der Waals surface area contributed by atoms with Crippen LogP contribution in [0.5, 0.6) is 23.0 Å². The number of halogens is 4. The fourth-order valence-electron chi connectivity index (χ4n) is 8.88. The van der Waals surface area contributed by atoms with Gasteiger partial charge < -0.3 is 24.4 Å². The number of ether oxygens (including phenoxy) is 3. The van der Waals surface area contributed by atoms with Crippen molar-refractivity contribution < 1.29 is 24.4 Å². The van der Waals surface area contributed by atoms with Gasteiger partial charge in [0.1, 0.15) is 35.2 Å². The standard InChI is InChI=1S/C54H42Cl4O5/c1-61-41-27-23-39(24-28-41)53(35-15-7-3-8-16-35,36-17-9-4-10-18-36)51(43-31-47(57)49(59)33-45(43)55)63-52(44-32-48(58)50(60)34-46(44)56)54(37-19-11-5-12-20-37,38-21-13-6-14-22-38)40-25-29-42(62-2)30-26-40/h3-34,51-52,59-60H,1-2H3. The van der Waals surface area contributed by atoms with Crippen LogP contribution in [0.2, 0.25) is 20.1 Å². The summed E-state index contributed by atoms with van der Waals surface area (Å²) in [6, 6.07) is 62.3. The van der Waals surface area contributed by atoms with Crippen molar-refractivity contribution in [2.24, 2.45) is 0 Å². The second kappa shape index (κ2) is 18.8. The molecule has 0 amide bonds. The number of hydrogen-bond donors (Lipinski definition) is 2. The molecule has 0 bridgehead atoms. The normalized spacial score (nSPS) is 12.7. The van der Waals surface area contributed by atoms with Crippen LogP contribution >= 0.6 is 46.4 Å². The number of phenols is 2. The highest BCUT2D eigenvalue weighted by atomic mass is 35.5. The molecule has 316 valence electrons. The molecule has 0 saturated carbocycles. The van der Waals surface area contributed by atoms with Gasteiger partial charge in [0.05, 0.1) is 45.1 Å². The fraction of sp³-hybridized carbons (Fsp3) is 0.111. The average Bonchev–Trinajstić information content (AvgIpc) is 3.33. The highest BCUT2D eigenvalue weighted by Gasteiger charge is 2.53. The van der Waals surface area contributed by atoms with E-state index in [1.165, 1.54) is 12.1 Å². The molecule has 0 saturated heterocycles. The van der Waals surface area contributed by atoms with Gasteiger partial charge in [-0.25, -0.2) is 0 Å². The van der Waals surface area contributed by atoms with Crippen LogP contribution in [0.1, 0.15) is 56.7 Å². The van der Waals surface area contributed by atoms with Gasteiger partial charge in [0, 0.05) is 23.3 Å². The minimum absolute atomic E-state index is 0.0718. The van der Waals surface area contributed by atoms with Crippen molar-refractivity contribution in [2.75, 3.05) is 14.2 Å². The zero-order chi connectivity index (χ0) is 44.1. The first kappa shape index (κ1) is 43.7. The molecule has 5 nitrogen and oxygen atoms in total. The summed E-state index contributed by atoms with van der Waals surface area (Å²) < 4.78 is 19.6. The quantitative estimate of drug-likeness (QED) is 0.106. The molecule has 0 heterocycles. The maximum atomic E-state index is 11.1. The third kappa shape index (κ3) is 8.12. The molecule has 0 fully saturated rings. The molecular weight excluding hydrogens is 870 g/mol. The van der Waals surface area contributed by atoms with Crippen LogP contribution < -0.4 is 9.47 Å². The van der Waals surface area contributed by atoms with Crippen LogP contribution in [0.3, 0.4) is 0 Å². The van der Waals surface area contributed by atoms with Crippen LogP contribution in [0.15, 0.2) is 194 Å². The number of aromatic hydroxyl groups is 2. The second-order valence-corrected chi connectivity index (χ2v) is 16.7. The molecule has 2 unspecified atom stereocenters. The molecule has 9 heteroatoms. The lowest BCUT2D eigenvalue weighted by Gasteiger charge is -2.49. The molecule has 2 N–H and O–H groups in total. The third-order valence-corrected chi connectivity index (χ3v) is 13.0. The van der Waals surface area contributed by atoms with Crippen LogP contribution in [0.4, 0.5) is 0 Å². The molecule has 0 spiro atoms. The lowest BCUT2D eigenvalue weighted by Crippen LogP contribution is -2.44. The molecule has 8 aromatic rings. The zero-order valence-electron chi connectivity index (χ0n) is 34.3. The summed E-state index contributed by atoms with van der Waals surface area (Å²) >= 11 is 28.7. The maximum absolute atomic E-state index is 11.1. The maximum Gasteiger partial charge on any atom is 0.135 e. The molecule has 63 heavy (non-hydrogen) atoms. The van der Waals surface area contributed by atoms with Crippen LogP contribution in [-0.2, 0) is 15.6 Å². The lowest BCUT2D eigenvalue weighted by atomic mass is 9.62. The molecule has 0 aliphatic rings. The highest BCUT2D eigenvalue weighted by molar-refractivity contribution is 6.35. The van der Waals surface area contributed by atoms with Crippen molar-refractivity contribution in [2.45, 2.75) is 23.0 Å². The summed E-state index contributed by atoms with van der Waals surface area (Å²) in [6.07, 6.45) is -2.17. The molecule has 0 aliphatic heterocycles. The molecule has 8 rings (SSSR count). The Bertz CT molecular complexity index is 2520. The average molecular weight is 913 g/mol. The minimum atomic E-state index is -1.23. The number of benzene rings is 8. The lowest BCUT2D eigenvalue weighted by molar-refractivity contribution is -0.0640. The van der Waals surface area contributed by atoms with Gasteiger partial charge in [0.15, 0.2) is 0 Å². The smallest absolute Gasteiger partial charge is 0.135 e. The van der Waals surface area contributed by atoms with Crippen molar-refractivity contribution in [3.05, 3.63) is 259 Å². The van der Waals surface area contributed by atoms with Gasteiger partial charge in [-0.15, -0.1) is 0 Å². The van der Waals surface area contributed by atoms with E-state index in [0.717, 1.165) is 33.4 Å². The van der Waals surface area contributed by atoms with E-state index >= 15 is 0 Å². The predicted molar refractivity (Wildman–Crippen MR) is 254 cm³/mol. The monoisotopic (exact) mass is 910 g/mol. The zero-order valence-corrected chi connectivity index (χ0v) is 37.3. The Kier molecular flexibility index (Phi) is 13.1. The fourth-order valence-corrected chi connectivity index (χ4v) is 9.74. The van der Waals surface area contributed by atoms with E-state index < -0.39 is 23.0 Å². The van der Waals surface area contributed by atoms with Crippen molar-refractivity contribution in [3.8, 4) is 23.0 Å². The summed E-state index contributed by atoms with van der Waals surface area (Å²) in [6.45, 7) is 0. The Morgan fingerprint density at radius 3 is 0.905 bits per heavy atom. The van der Waals surface area contributed by atoms with Crippen molar-refractivity contribution in [1.82, 2.24) is 0 Å². The number of rotatable bonds is 14. The van der Waals surface area contributed by atoms with Gasteiger partial charge in [-0.3, -0.25) is 0 Å². The number of phenolic OH excluding ortho intramolecular Hbond substituents is 2. The summed E-state index contributed by atoms with van der Waals surface area (Å²) in [4.78, 5) is 0. The van der Waals surface area contributed by atoms with E-state index in [4.69, 9.17) is 60.6 Å². The molecule has 0 aliphatic carbocycles. The SMILES string of the molecule is COc1ccc(C(c2ccccc2)(c2ccccc2)C(OC(c2cc(Cl)c(O)cc2Cl)C(c2ccccc2)(c2ccccc2)c2ccc(OC)cc2)c2cc(Cl)c(O)cc2Cl)cc1. The molecule has 0 aromatic heterocycles. The Hall–Kier alpha value is -5.92. The van der Waals surface area contributed by atoms with Gasteiger partial charge in [-0.2, -0.15) is 0 Å². The van der Waals surface area contributed by atoms with E-state index in [2.05, 4.69) is 48.5 Å². The first-order valence-corrected chi connectivity index (χ1v) is 21.7. The molecule has 2 atom stereocenters. The molecule has 8 aromatic carbocycles. The Labute approximate surface area is 387 Å². The van der Waals surface area contributed by atoms with Gasteiger partial charge >= 0.3 is 0 Å². The first-order valence-electron chi connectivity index (χ1n) is 20.1. The summed E-state index contributed by atoms with van der Waals surface area (Å²) in [5, 5.41) is 22.7. The largest absolute Gasteiger partial charge is 0.506 e. The van der Waals surface area contributed by atoms with Crippen LogP contribution in [-0.4, -0.2) is 24.4 Å². The van der Waals surface area contributed by atoms with Crippen LogP contribution in [0.25, 0.3) is 0 Å². The van der Waals surface area contributed by atoms with E-state index in [1.54, 1.807) is 26.4 Å². The van der Waals surface area contributed by atoms with Gasteiger partial charge in [0.25, 0.3) is 0 Å². The Balaban J connectivity index is 1.59. The van der Waals surface area contributed by atoms with E-state index in [1.807, 2.05) is 121 Å². The highest BCUT2D eigenvalue weighted by Crippen LogP contribution is 2.59. The van der Waals surface area contributed by atoms with Gasteiger partial charge in [-0.1, -0.05) is 192 Å². The predicted octanol–water partition coefficient (Wildman–Crippen LogP) is 14.6. The third-order valence-electron chi connectivity index (χ3n) is 11.8. The van der Waals surface area contributed by atoms with E-state index in [9.17, 15) is 10.2 Å². The first-order chi connectivity index (χ1) is 30.6. The Morgan fingerprint density at radius 2 is 0.635 bits per heavy atom. The van der Waals surface area contributed by atoms with Crippen LogP contribution in [0, 0.1) is 0 Å².